The highest BCUT2D eigenvalue weighted by atomic mass is 35.5. The first-order chi connectivity index (χ1) is 13.1. The van der Waals surface area contributed by atoms with Gasteiger partial charge in [-0.05, 0) is 42.3 Å². The van der Waals surface area contributed by atoms with Crippen molar-refractivity contribution >= 4 is 35.6 Å². The molecule has 5 nitrogen and oxygen atoms in total. The maximum absolute atomic E-state index is 12.8. The van der Waals surface area contributed by atoms with Crippen LogP contribution in [0.15, 0.2) is 48.5 Å². The first kappa shape index (κ1) is 24.5. The van der Waals surface area contributed by atoms with Gasteiger partial charge in [-0.3, -0.25) is 9.59 Å². The van der Waals surface area contributed by atoms with Gasteiger partial charge in [0.2, 0.25) is 5.91 Å². The van der Waals surface area contributed by atoms with Crippen molar-refractivity contribution in [1.82, 2.24) is 0 Å². The van der Waals surface area contributed by atoms with Gasteiger partial charge in [0.25, 0.3) is 5.91 Å². The minimum Gasteiger partial charge on any atom is -0.325 e. The molecule has 2 rings (SSSR count). The van der Waals surface area contributed by atoms with Gasteiger partial charge in [-0.25, -0.2) is 0 Å². The second kappa shape index (κ2) is 10.3. The molecule has 2 aromatic rings. The van der Waals surface area contributed by atoms with Gasteiger partial charge in [0.15, 0.2) is 0 Å². The molecule has 2 unspecified atom stereocenters. The fourth-order valence-corrected chi connectivity index (χ4v) is 2.45. The maximum Gasteiger partial charge on any atom is 0.416 e. The second-order valence-electron chi connectivity index (χ2n) is 6.51. The smallest absolute Gasteiger partial charge is 0.325 e. The van der Waals surface area contributed by atoms with Gasteiger partial charge in [0, 0.05) is 16.9 Å². The Kier molecular flexibility index (Phi) is 8.66. The van der Waals surface area contributed by atoms with Crippen molar-refractivity contribution in [3.8, 4) is 0 Å². The molecule has 0 saturated heterocycles. The van der Waals surface area contributed by atoms with Gasteiger partial charge in [-0.1, -0.05) is 32.4 Å². The van der Waals surface area contributed by atoms with Crippen molar-refractivity contribution in [3.63, 3.8) is 0 Å². The van der Waals surface area contributed by atoms with Crippen molar-refractivity contribution in [1.29, 1.82) is 0 Å². The van der Waals surface area contributed by atoms with Gasteiger partial charge in [0.05, 0.1) is 11.6 Å². The molecule has 0 aliphatic carbocycles. The molecular formula is C20H23ClF3N3O2. The number of hydrogen-bond acceptors (Lipinski definition) is 3. The fourth-order valence-electron chi connectivity index (χ4n) is 2.45. The van der Waals surface area contributed by atoms with Crippen molar-refractivity contribution in [2.45, 2.75) is 32.5 Å². The number of nitrogens with two attached hydrogens (primary N) is 1. The maximum atomic E-state index is 12.8. The van der Waals surface area contributed by atoms with Gasteiger partial charge < -0.3 is 16.4 Å². The van der Waals surface area contributed by atoms with E-state index in [-0.39, 0.29) is 29.8 Å². The van der Waals surface area contributed by atoms with E-state index in [0.29, 0.717) is 11.4 Å². The summed E-state index contributed by atoms with van der Waals surface area (Å²) < 4.78 is 38.4. The van der Waals surface area contributed by atoms with Crippen LogP contribution in [-0.2, 0) is 11.0 Å². The molecule has 2 amide bonds. The van der Waals surface area contributed by atoms with Crippen molar-refractivity contribution in [2.24, 2.45) is 11.7 Å². The van der Waals surface area contributed by atoms with Crippen LogP contribution in [-0.4, -0.2) is 17.9 Å². The molecule has 9 heteroatoms. The van der Waals surface area contributed by atoms with Gasteiger partial charge in [0.1, 0.15) is 0 Å². The van der Waals surface area contributed by atoms with Gasteiger partial charge in [-0.15, -0.1) is 12.4 Å². The molecule has 0 radical (unpaired) electrons. The number of carbonyl (C=O) groups is 2. The third kappa shape index (κ3) is 6.76. The van der Waals surface area contributed by atoms with E-state index in [4.69, 9.17) is 5.73 Å². The van der Waals surface area contributed by atoms with Crippen LogP contribution in [0.4, 0.5) is 24.5 Å². The van der Waals surface area contributed by atoms with Crippen molar-refractivity contribution < 1.29 is 22.8 Å². The minimum atomic E-state index is -4.53. The van der Waals surface area contributed by atoms with E-state index < -0.39 is 23.7 Å². The standard InChI is InChI=1S/C20H22F3N3O2.ClH/c1-3-12(2)17(24)19(28)26-16-9-5-8-15(11-16)25-18(27)13-6-4-7-14(10-13)20(21,22)23;/h4-12,17H,3,24H2,1-2H3,(H,25,27)(H,26,28);1H. The second-order valence-corrected chi connectivity index (χ2v) is 6.51. The predicted octanol–water partition coefficient (Wildman–Crippen LogP) is 4.69. The van der Waals surface area contributed by atoms with Crippen LogP contribution in [0.5, 0.6) is 0 Å². The highest BCUT2D eigenvalue weighted by Gasteiger charge is 2.30. The molecule has 0 spiro atoms. The molecule has 2 atom stereocenters. The average molecular weight is 430 g/mol. The molecule has 0 saturated carbocycles. The third-order valence-electron chi connectivity index (χ3n) is 4.40. The first-order valence-electron chi connectivity index (χ1n) is 8.77. The van der Waals surface area contributed by atoms with Crippen LogP contribution in [0.25, 0.3) is 0 Å². The number of halogens is 4. The van der Waals surface area contributed by atoms with Crippen LogP contribution in [0, 0.1) is 5.92 Å². The Balaban J connectivity index is 0.00000420. The molecule has 158 valence electrons. The van der Waals surface area contributed by atoms with E-state index >= 15 is 0 Å². The zero-order chi connectivity index (χ0) is 20.9. The van der Waals surface area contributed by atoms with E-state index in [0.717, 1.165) is 18.6 Å². The Morgan fingerprint density at radius 1 is 1.03 bits per heavy atom. The lowest BCUT2D eigenvalue weighted by Crippen LogP contribution is -2.40. The monoisotopic (exact) mass is 429 g/mol. The number of nitrogens with one attached hydrogen (secondary N) is 2. The molecule has 2 aromatic carbocycles. The van der Waals surface area contributed by atoms with E-state index in [9.17, 15) is 22.8 Å². The zero-order valence-electron chi connectivity index (χ0n) is 15.9. The predicted molar refractivity (Wildman–Crippen MR) is 109 cm³/mol. The number of alkyl halides is 3. The number of carbonyl (C=O) groups excluding carboxylic acids is 2. The SMILES string of the molecule is CCC(C)C(N)C(=O)Nc1cccc(NC(=O)c2cccc(C(F)(F)F)c2)c1.Cl. The van der Waals surface area contributed by atoms with Crippen LogP contribution < -0.4 is 16.4 Å². The zero-order valence-corrected chi connectivity index (χ0v) is 16.7. The summed E-state index contributed by atoms with van der Waals surface area (Å²) in [7, 11) is 0. The van der Waals surface area contributed by atoms with Gasteiger partial charge in [-0.2, -0.15) is 13.2 Å². The fraction of sp³-hybridized carbons (Fsp3) is 0.300. The van der Waals surface area contributed by atoms with E-state index in [2.05, 4.69) is 10.6 Å². The molecule has 0 aromatic heterocycles. The molecule has 0 heterocycles. The molecular weight excluding hydrogens is 407 g/mol. The Hall–Kier alpha value is -2.58. The van der Waals surface area contributed by atoms with E-state index in [1.807, 2.05) is 13.8 Å². The van der Waals surface area contributed by atoms with E-state index in [1.165, 1.54) is 18.2 Å². The van der Waals surface area contributed by atoms with Crippen molar-refractivity contribution in [2.75, 3.05) is 10.6 Å². The normalized spacial score (nSPS) is 13.0. The highest BCUT2D eigenvalue weighted by molar-refractivity contribution is 6.05. The summed E-state index contributed by atoms with van der Waals surface area (Å²) in [4.78, 5) is 24.4. The summed E-state index contributed by atoms with van der Waals surface area (Å²) in [6, 6.07) is 9.77. The lowest BCUT2D eigenvalue weighted by molar-refractivity contribution is -0.137. The summed E-state index contributed by atoms with van der Waals surface area (Å²) in [6.45, 7) is 3.80. The minimum absolute atomic E-state index is 0. The largest absolute Gasteiger partial charge is 0.416 e. The number of hydrogen-bond donors (Lipinski definition) is 3. The van der Waals surface area contributed by atoms with Crippen LogP contribution in [0.2, 0.25) is 0 Å². The number of amides is 2. The first-order valence-corrected chi connectivity index (χ1v) is 8.77. The third-order valence-corrected chi connectivity index (χ3v) is 4.40. The molecule has 0 aliphatic rings. The lowest BCUT2D eigenvalue weighted by atomic mass is 9.99. The molecule has 29 heavy (non-hydrogen) atoms. The Morgan fingerprint density at radius 2 is 1.62 bits per heavy atom. The topological polar surface area (TPSA) is 84.2 Å². The molecule has 0 bridgehead atoms. The summed E-state index contributed by atoms with van der Waals surface area (Å²) in [5.74, 6) is -1.04. The average Bonchev–Trinajstić information content (AvgIpc) is 2.66. The summed E-state index contributed by atoms with van der Waals surface area (Å²) in [6.07, 6.45) is -3.78. The Bertz CT molecular complexity index is 859. The summed E-state index contributed by atoms with van der Waals surface area (Å²) in [5.41, 5.74) is 5.62. The van der Waals surface area contributed by atoms with Gasteiger partial charge >= 0.3 is 6.18 Å². The summed E-state index contributed by atoms with van der Waals surface area (Å²) in [5, 5.41) is 5.20. The lowest BCUT2D eigenvalue weighted by Gasteiger charge is -2.18. The Labute approximate surface area is 173 Å². The van der Waals surface area contributed by atoms with E-state index in [1.54, 1.807) is 18.2 Å². The number of anilines is 2. The molecule has 0 fully saturated rings. The van der Waals surface area contributed by atoms with Crippen LogP contribution >= 0.6 is 12.4 Å². The highest BCUT2D eigenvalue weighted by Crippen LogP contribution is 2.29. The van der Waals surface area contributed by atoms with Crippen LogP contribution in [0.1, 0.15) is 36.2 Å². The Morgan fingerprint density at radius 3 is 2.21 bits per heavy atom. The number of rotatable bonds is 6. The summed E-state index contributed by atoms with van der Waals surface area (Å²) >= 11 is 0. The number of benzene rings is 2. The molecule has 0 aliphatic heterocycles. The molecule has 4 N–H and O–H groups in total. The quantitative estimate of drug-likeness (QED) is 0.622. The van der Waals surface area contributed by atoms with Crippen LogP contribution in [0.3, 0.4) is 0 Å². The van der Waals surface area contributed by atoms with Crippen molar-refractivity contribution in [3.05, 3.63) is 59.7 Å².